The summed E-state index contributed by atoms with van der Waals surface area (Å²) in [5.41, 5.74) is 11.5. The first-order chi connectivity index (χ1) is 56.8. The van der Waals surface area contributed by atoms with Gasteiger partial charge in [-0.05, 0) is 151 Å². The smallest absolute Gasteiger partial charge is 0.416 e. The van der Waals surface area contributed by atoms with Crippen LogP contribution in [0.4, 0.5) is 49.6 Å². The number of nitrogens with zero attached hydrogens (tertiary/aromatic N) is 22. The molecule has 1 aliphatic heterocycles. The first-order valence-electron chi connectivity index (χ1n) is 37.8. The molecule has 0 atom stereocenters. The number of rotatable bonds is 18. The Morgan fingerprint density at radius 2 is 0.875 bits per heavy atom. The van der Waals surface area contributed by atoms with Gasteiger partial charge in [0, 0.05) is 161 Å². The SMILES string of the molecule is CC(=O)N1CCN(c2cc(Cc3cccc(C(C)(F)F)c3)nc(-n3nc(C)cc3C)c2)CC1.Cc1cc(C)n(-c2cc(C#N)nc(Cc3cccc(C(F)(F)F)c3)n2)n1.Cc1cc(C)n(-c2nc(Cc3cccc(C(C)(F)F)c3)cc(-n3cccn3)n2)n1.Cc1ccc(Oc2cc(Cc3cccc(C(F)(F)F)c3)nc(-n3nc(C)cc3C)n2)nn1. The second-order valence-corrected chi connectivity index (χ2v) is 29.0. The Labute approximate surface area is 683 Å². The Morgan fingerprint density at radius 3 is 1.31 bits per heavy atom. The minimum absolute atomic E-state index is 0.00437. The van der Waals surface area contributed by atoms with Crippen molar-refractivity contribution in [2.45, 2.75) is 133 Å². The zero-order valence-electron chi connectivity index (χ0n) is 67.4. The van der Waals surface area contributed by atoms with E-state index in [1.165, 1.54) is 36.4 Å². The van der Waals surface area contributed by atoms with Crippen LogP contribution in [-0.2, 0) is 54.7 Å². The van der Waals surface area contributed by atoms with Crippen LogP contribution in [0.3, 0.4) is 0 Å². The third-order valence-corrected chi connectivity index (χ3v) is 18.8. The Kier molecular flexibility index (Phi) is 25.7. The Hall–Kier alpha value is -13.7. The number of hydrogen-bond donors (Lipinski definition) is 0. The average Bonchev–Trinajstić information content (AvgIpc) is 1.54. The molecule has 14 aromatic rings. The molecule has 0 aliphatic carbocycles. The predicted molar refractivity (Wildman–Crippen MR) is 426 cm³/mol. The summed E-state index contributed by atoms with van der Waals surface area (Å²) < 4.78 is 147. The number of alkyl halides is 10. The van der Waals surface area contributed by atoms with Crippen molar-refractivity contribution < 1.29 is 53.4 Å². The van der Waals surface area contributed by atoms with Crippen LogP contribution < -0.4 is 9.64 Å². The van der Waals surface area contributed by atoms with Gasteiger partial charge in [-0.2, -0.15) is 72.2 Å². The number of anilines is 1. The highest BCUT2D eigenvalue weighted by Gasteiger charge is 2.33. The second-order valence-electron chi connectivity index (χ2n) is 29.0. The maximum absolute atomic E-state index is 13.8. The Bertz CT molecular complexity index is 6010. The van der Waals surface area contributed by atoms with Gasteiger partial charge in [0.2, 0.25) is 17.7 Å². The van der Waals surface area contributed by atoms with Crippen LogP contribution >= 0.6 is 0 Å². The Morgan fingerprint density at radius 1 is 0.425 bits per heavy atom. The van der Waals surface area contributed by atoms with E-state index in [1.54, 1.807) is 106 Å². The van der Waals surface area contributed by atoms with Crippen molar-refractivity contribution in [3.63, 3.8) is 0 Å². The number of halogens is 10. The minimum atomic E-state index is -4.42. The quantitative estimate of drug-likeness (QED) is 0.0723. The first kappa shape index (κ1) is 85.6. The summed E-state index contributed by atoms with van der Waals surface area (Å²) in [6, 6.07) is 46.7. The number of piperazine rings is 1. The molecule has 1 amide bonds. The fourth-order valence-electron chi connectivity index (χ4n) is 13.2. The van der Waals surface area contributed by atoms with Crippen molar-refractivity contribution in [2.75, 3.05) is 31.1 Å². The van der Waals surface area contributed by atoms with Crippen LogP contribution in [0.1, 0.15) is 145 Å². The van der Waals surface area contributed by atoms with E-state index in [9.17, 15) is 54.0 Å². The number of ether oxygens (including phenoxy) is 1. The summed E-state index contributed by atoms with van der Waals surface area (Å²) in [7, 11) is 0. The topological polar surface area (TPSA) is 262 Å². The molecule has 1 saturated heterocycles. The van der Waals surface area contributed by atoms with E-state index >= 15 is 0 Å². The summed E-state index contributed by atoms with van der Waals surface area (Å²) in [4.78, 5) is 47.2. The molecule has 4 aromatic carbocycles. The van der Waals surface area contributed by atoms with E-state index in [1.807, 2.05) is 120 Å². The maximum atomic E-state index is 13.8. The van der Waals surface area contributed by atoms with Crippen LogP contribution in [0.5, 0.6) is 11.8 Å². The molecule has 0 N–H and O–H groups in total. The summed E-state index contributed by atoms with van der Waals surface area (Å²) in [6.45, 7) is 23.1. The fraction of sp³-hybridized carbons (Fsp3) is 0.279. The van der Waals surface area contributed by atoms with E-state index in [-0.39, 0.29) is 59.1 Å². The van der Waals surface area contributed by atoms with Crippen LogP contribution in [0.25, 0.3) is 29.4 Å². The molecule has 120 heavy (non-hydrogen) atoms. The average molecular weight is 1650 g/mol. The molecule has 15 rings (SSSR count). The highest BCUT2D eigenvalue weighted by molar-refractivity contribution is 5.73. The van der Waals surface area contributed by atoms with E-state index in [2.05, 4.69) is 70.5 Å². The van der Waals surface area contributed by atoms with Gasteiger partial charge in [0.15, 0.2) is 17.5 Å². The van der Waals surface area contributed by atoms with Crippen LogP contribution in [0.2, 0.25) is 0 Å². The standard InChI is InChI=1S/C25H29F2N5O.C22H19F3N6O.C21H20F2N6.C18H14F3N5/c1-17-12-18(2)32(29-17)24-16-23(31-10-8-30(9-11-31)19(3)33)15-22(28-24)14-20-6-5-7-21(13-20)25(4,26)27;1-13-7-8-19(29-28-13)32-20-12-18(11-16-5-4-6-17(10-16)22(23,24)25)26-21(27-20)31-15(3)9-14(2)30-31;1-14-10-15(2)29(27-14)20-25-18(13-19(26-20)28-9-5-8-24-28)12-16-6-4-7-17(11-16)21(3,22)23;1-11-6-12(2)26(25-11)17-9-15(10-22)23-16(24-17)8-13-4-3-5-14(7-13)18(19,20)21/h5-7,12-13,15-16H,8-11,14H2,1-4H3;4-10,12H,11H2,1-3H3;4-11,13H,12H2,1-3H3;3-7,9H,8H2,1-2H3. The van der Waals surface area contributed by atoms with Crippen molar-refractivity contribution >= 4 is 11.6 Å². The molecule has 1 fully saturated rings. The lowest BCUT2D eigenvalue weighted by molar-refractivity contribution is -0.138. The van der Waals surface area contributed by atoms with Gasteiger partial charge in [0.25, 0.3) is 23.7 Å². The fourth-order valence-corrected chi connectivity index (χ4v) is 13.2. The number of amides is 1. The number of nitriles is 1. The van der Waals surface area contributed by atoms with Crippen molar-refractivity contribution in [1.82, 2.24) is 98.9 Å². The van der Waals surface area contributed by atoms with Gasteiger partial charge in [-0.3, -0.25) is 4.79 Å². The van der Waals surface area contributed by atoms with Gasteiger partial charge in [-0.25, -0.2) is 65.9 Å². The highest BCUT2D eigenvalue weighted by atomic mass is 19.4. The van der Waals surface area contributed by atoms with Gasteiger partial charge in [-0.1, -0.05) is 72.8 Å². The predicted octanol–water partition coefficient (Wildman–Crippen LogP) is 17.0. The third kappa shape index (κ3) is 22.3. The lowest BCUT2D eigenvalue weighted by Crippen LogP contribution is -2.48. The first-order valence-corrected chi connectivity index (χ1v) is 37.8. The third-order valence-electron chi connectivity index (χ3n) is 18.8. The number of aryl methyl sites for hydroxylation is 9. The monoisotopic (exact) mass is 1640 g/mol. The van der Waals surface area contributed by atoms with Crippen molar-refractivity contribution in [3.05, 3.63) is 307 Å². The second kappa shape index (κ2) is 36.0. The number of benzene rings is 4. The zero-order chi connectivity index (χ0) is 86.1. The lowest BCUT2D eigenvalue weighted by atomic mass is 10.0. The van der Waals surface area contributed by atoms with Gasteiger partial charge >= 0.3 is 12.4 Å². The largest absolute Gasteiger partial charge is 0.419 e. The molecular weight excluding hydrogens is 1560 g/mol. The number of aromatic nitrogens is 19. The molecule has 10 aromatic heterocycles. The molecule has 0 bridgehead atoms. The molecular formula is C86H82F10N22O2. The van der Waals surface area contributed by atoms with Crippen molar-refractivity contribution in [1.29, 1.82) is 5.26 Å². The molecule has 0 spiro atoms. The van der Waals surface area contributed by atoms with Crippen LogP contribution in [-0.4, -0.2) is 131 Å². The molecule has 0 unspecified atom stereocenters. The number of carbonyl (C=O) groups excluding carboxylic acids is 1. The molecule has 618 valence electrons. The van der Waals surface area contributed by atoms with Crippen molar-refractivity contribution in [2.24, 2.45) is 0 Å². The zero-order valence-corrected chi connectivity index (χ0v) is 67.4. The van der Waals surface area contributed by atoms with Gasteiger partial charge in [-0.15, -0.1) is 5.10 Å². The van der Waals surface area contributed by atoms with Crippen LogP contribution in [0, 0.1) is 73.6 Å². The molecule has 1 aliphatic rings. The maximum Gasteiger partial charge on any atom is 0.416 e. The number of carbonyl (C=O) groups is 1. The van der Waals surface area contributed by atoms with E-state index in [4.69, 9.17) is 9.72 Å². The normalized spacial score (nSPS) is 12.4. The molecule has 24 nitrogen and oxygen atoms in total. The van der Waals surface area contributed by atoms with Gasteiger partial charge in [0.1, 0.15) is 17.6 Å². The summed E-state index contributed by atoms with van der Waals surface area (Å²) in [6.07, 6.45) is -4.35. The Balaban J connectivity index is 0.000000147. The minimum Gasteiger partial charge on any atom is -0.419 e. The highest BCUT2D eigenvalue weighted by Crippen LogP contribution is 2.35. The van der Waals surface area contributed by atoms with E-state index in [0.29, 0.717) is 71.8 Å². The lowest BCUT2D eigenvalue weighted by Gasteiger charge is -2.36. The van der Waals surface area contributed by atoms with Crippen molar-refractivity contribution in [3.8, 4) is 47.2 Å². The molecule has 11 heterocycles. The molecule has 0 radical (unpaired) electrons. The van der Waals surface area contributed by atoms with Gasteiger partial charge < -0.3 is 14.5 Å². The van der Waals surface area contributed by atoms with Crippen LogP contribution in [0.15, 0.2) is 182 Å². The summed E-state index contributed by atoms with van der Waals surface area (Å²) >= 11 is 0. The number of hydrogen-bond acceptors (Lipinski definition) is 18. The summed E-state index contributed by atoms with van der Waals surface area (Å²) in [5, 5.41) is 39.1. The number of pyridine rings is 1. The molecule has 34 heteroatoms. The molecule has 0 saturated carbocycles. The van der Waals surface area contributed by atoms with E-state index in [0.717, 1.165) is 125 Å². The van der Waals surface area contributed by atoms with E-state index < -0.39 is 35.3 Å². The van der Waals surface area contributed by atoms with Gasteiger partial charge in [0.05, 0.1) is 51.0 Å². The summed E-state index contributed by atoms with van der Waals surface area (Å²) in [5.74, 6) is -2.69.